The van der Waals surface area contributed by atoms with E-state index < -0.39 is 0 Å². The van der Waals surface area contributed by atoms with E-state index in [1.165, 1.54) is 0 Å². The summed E-state index contributed by atoms with van der Waals surface area (Å²) in [6.07, 6.45) is 4.09. The third-order valence-electron chi connectivity index (χ3n) is 1.86. The second-order valence-electron chi connectivity index (χ2n) is 3.23. The lowest BCUT2D eigenvalue weighted by atomic mass is 10.2. The minimum absolute atomic E-state index is 0.832. The topological polar surface area (TPSA) is 29.3 Å². The van der Waals surface area contributed by atoms with Crippen LogP contribution in [0.2, 0.25) is 0 Å². The summed E-state index contributed by atoms with van der Waals surface area (Å²) < 4.78 is 0. The van der Waals surface area contributed by atoms with Crippen molar-refractivity contribution in [1.29, 1.82) is 0 Å². The Hall–Kier alpha value is -1.44. The van der Waals surface area contributed by atoms with Crippen LogP contribution < -0.4 is 16.2 Å². The van der Waals surface area contributed by atoms with Gasteiger partial charge in [-0.2, -0.15) is 0 Å². The van der Waals surface area contributed by atoms with E-state index in [1.54, 1.807) is 0 Å². The van der Waals surface area contributed by atoms with Crippen LogP contribution in [-0.4, -0.2) is 19.0 Å². The molecule has 0 aliphatic rings. The van der Waals surface area contributed by atoms with Crippen molar-refractivity contribution in [3.8, 4) is 0 Å². The van der Waals surface area contributed by atoms with Crippen LogP contribution in [0.4, 0.5) is 5.69 Å². The van der Waals surface area contributed by atoms with Crippen molar-refractivity contribution < 1.29 is 0 Å². The normalized spacial score (nSPS) is 13.5. The molecule has 1 aromatic carbocycles. The number of rotatable bonds is 1. The van der Waals surface area contributed by atoms with E-state index >= 15 is 0 Å². The van der Waals surface area contributed by atoms with Crippen molar-refractivity contribution in [1.82, 2.24) is 4.90 Å². The zero-order valence-corrected chi connectivity index (χ0v) is 8.41. The first-order valence-electron chi connectivity index (χ1n) is 4.34. The van der Waals surface area contributed by atoms with Crippen LogP contribution >= 0.6 is 0 Å². The molecule has 2 heteroatoms. The van der Waals surface area contributed by atoms with Gasteiger partial charge >= 0.3 is 0 Å². The van der Waals surface area contributed by atoms with Gasteiger partial charge in [-0.05, 0) is 18.2 Å². The fourth-order valence-corrected chi connectivity index (χ4v) is 1.33. The Bertz CT molecular complexity index is 391. The molecule has 0 saturated heterocycles. The molecule has 0 spiro atoms. The van der Waals surface area contributed by atoms with Crippen LogP contribution in [0.5, 0.6) is 0 Å². The third-order valence-corrected chi connectivity index (χ3v) is 1.86. The molecule has 13 heavy (non-hydrogen) atoms. The second-order valence-corrected chi connectivity index (χ2v) is 3.23. The molecule has 0 atom stereocenters. The largest absolute Gasteiger partial charge is 0.398 e. The van der Waals surface area contributed by atoms with Crippen LogP contribution in [0.1, 0.15) is 6.92 Å². The van der Waals surface area contributed by atoms with Gasteiger partial charge in [0, 0.05) is 31.2 Å². The second kappa shape index (κ2) is 3.99. The molecule has 1 rings (SSSR count). The maximum atomic E-state index is 5.84. The Balaban J connectivity index is 3.47. The fraction of sp³-hybridized carbons (Fsp3) is 0.273. The Labute approximate surface area is 79.0 Å². The van der Waals surface area contributed by atoms with Crippen LogP contribution in [0.25, 0.3) is 12.3 Å². The predicted octanol–water partition coefficient (Wildman–Crippen LogP) is 0.369. The minimum atomic E-state index is 0.832. The van der Waals surface area contributed by atoms with Gasteiger partial charge in [-0.1, -0.05) is 18.2 Å². The highest BCUT2D eigenvalue weighted by molar-refractivity contribution is 5.46. The van der Waals surface area contributed by atoms with E-state index in [1.807, 2.05) is 44.1 Å². The lowest BCUT2D eigenvalue weighted by Gasteiger charge is -2.04. The number of anilines is 1. The molecule has 0 unspecified atom stereocenters. The van der Waals surface area contributed by atoms with E-state index in [-0.39, 0.29) is 0 Å². The van der Waals surface area contributed by atoms with Gasteiger partial charge < -0.3 is 10.6 Å². The predicted molar refractivity (Wildman–Crippen MR) is 58.4 cm³/mol. The number of nitrogens with zero attached hydrogens (tertiary/aromatic N) is 1. The van der Waals surface area contributed by atoms with E-state index in [4.69, 9.17) is 5.73 Å². The third kappa shape index (κ3) is 2.25. The summed E-state index contributed by atoms with van der Waals surface area (Å²) in [6, 6.07) is 5.95. The molecule has 0 bridgehead atoms. The minimum Gasteiger partial charge on any atom is -0.398 e. The van der Waals surface area contributed by atoms with Crippen molar-refractivity contribution >= 4 is 18.0 Å². The summed E-state index contributed by atoms with van der Waals surface area (Å²) in [7, 11) is 4.01. The lowest BCUT2D eigenvalue weighted by Crippen LogP contribution is -2.29. The standard InChI is InChI=1S/C11H16N2/c1-4-10-9(8-13(2)3)6-5-7-11(10)12/h4-8H,12H2,1-3H3/b9-8-,10-4+. The Morgan fingerprint density at radius 1 is 1.31 bits per heavy atom. The monoisotopic (exact) mass is 176 g/mol. The molecule has 0 saturated carbocycles. The van der Waals surface area contributed by atoms with Gasteiger partial charge in [0.1, 0.15) is 0 Å². The zero-order valence-electron chi connectivity index (χ0n) is 8.41. The van der Waals surface area contributed by atoms with E-state index in [0.29, 0.717) is 0 Å². The summed E-state index contributed by atoms with van der Waals surface area (Å²) in [4.78, 5) is 2.02. The molecule has 2 nitrogen and oxygen atoms in total. The number of hydrogen-bond acceptors (Lipinski definition) is 2. The molecule has 0 radical (unpaired) electrons. The molecule has 0 amide bonds. The highest BCUT2D eigenvalue weighted by atomic mass is 15.0. The van der Waals surface area contributed by atoms with Gasteiger partial charge in [0.05, 0.1) is 0 Å². The summed E-state index contributed by atoms with van der Waals surface area (Å²) in [5, 5.41) is 2.27. The first kappa shape index (κ1) is 9.65. The fourth-order valence-electron chi connectivity index (χ4n) is 1.33. The summed E-state index contributed by atoms with van der Waals surface area (Å²) in [6.45, 7) is 2.00. The Morgan fingerprint density at radius 2 is 2.00 bits per heavy atom. The van der Waals surface area contributed by atoms with Gasteiger partial charge in [-0.25, -0.2) is 0 Å². The number of nitrogen functional groups attached to an aromatic ring is 1. The van der Waals surface area contributed by atoms with Crippen molar-refractivity contribution in [2.24, 2.45) is 0 Å². The molecule has 0 aliphatic carbocycles. The number of hydrogen-bond donors (Lipinski definition) is 1. The van der Waals surface area contributed by atoms with Crippen molar-refractivity contribution in [2.75, 3.05) is 19.8 Å². The van der Waals surface area contributed by atoms with Crippen LogP contribution in [0.3, 0.4) is 0 Å². The van der Waals surface area contributed by atoms with Gasteiger partial charge in [0.2, 0.25) is 0 Å². The van der Waals surface area contributed by atoms with Crippen LogP contribution in [0.15, 0.2) is 18.2 Å². The van der Waals surface area contributed by atoms with Crippen molar-refractivity contribution in [3.05, 3.63) is 28.6 Å². The molecule has 0 aromatic heterocycles. The zero-order chi connectivity index (χ0) is 9.84. The van der Waals surface area contributed by atoms with E-state index in [2.05, 4.69) is 12.3 Å². The van der Waals surface area contributed by atoms with Gasteiger partial charge in [-0.15, -0.1) is 0 Å². The molecular formula is C11H16N2. The van der Waals surface area contributed by atoms with Gasteiger partial charge in [0.25, 0.3) is 0 Å². The first-order valence-corrected chi connectivity index (χ1v) is 4.34. The molecule has 0 aliphatic heterocycles. The quantitative estimate of drug-likeness (QED) is 0.626. The highest BCUT2D eigenvalue weighted by Gasteiger charge is 1.89. The van der Waals surface area contributed by atoms with Gasteiger partial charge in [-0.3, -0.25) is 0 Å². The maximum absolute atomic E-state index is 5.84. The SMILES string of the molecule is C/C=c1/c(N)ccc/c1=C/N(C)C. The molecule has 0 heterocycles. The molecule has 0 fully saturated rings. The molecule has 2 N–H and O–H groups in total. The number of nitrogens with two attached hydrogens (primary N) is 1. The Kier molecular flexibility index (Phi) is 2.96. The Morgan fingerprint density at radius 3 is 2.54 bits per heavy atom. The average molecular weight is 176 g/mol. The summed E-state index contributed by atoms with van der Waals surface area (Å²) in [5.41, 5.74) is 6.67. The first-order chi connectivity index (χ1) is 6.15. The van der Waals surface area contributed by atoms with Crippen molar-refractivity contribution in [3.63, 3.8) is 0 Å². The molecule has 70 valence electrons. The van der Waals surface area contributed by atoms with Crippen molar-refractivity contribution in [2.45, 2.75) is 6.92 Å². The average Bonchev–Trinajstić information content (AvgIpc) is 2.03. The van der Waals surface area contributed by atoms with Crippen LogP contribution in [-0.2, 0) is 0 Å². The maximum Gasteiger partial charge on any atom is 0.0390 e. The number of benzene rings is 1. The highest BCUT2D eigenvalue weighted by Crippen LogP contribution is 1.87. The summed E-state index contributed by atoms with van der Waals surface area (Å²) >= 11 is 0. The van der Waals surface area contributed by atoms with Gasteiger partial charge in [0.15, 0.2) is 0 Å². The smallest absolute Gasteiger partial charge is 0.0390 e. The lowest BCUT2D eigenvalue weighted by molar-refractivity contribution is 0.614. The molecule has 1 aromatic rings. The van der Waals surface area contributed by atoms with Crippen LogP contribution in [0, 0.1) is 0 Å². The van der Waals surface area contributed by atoms with E-state index in [9.17, 15) is 0 Å². The van der Waals surface area contributed by atoms with E-state index in [0.717, 1.165) is 16.1 Å². The summed E-state index contributed by atoms with van der Waals surface area (Å²) in [5.74, 6) is 0. The molecular weight excluding hydrogens is 160 g/mol.